The predicted molar refractivity (Wildman–Crippen MR) is 141 cm³/mol. The van der Waals surface area contributed by atoms with Crippen LogP contribution in [0.4, 0.5) is 0 Å². The fraction of sp³-hybridized carbons (Fsp3) is 0.536. The van der Waals surface area contributed by atoms with E-state index in [4.69, 9.17) is 9.72 Å². The zero-order chi connectivity index (χ0) is 24.1. The number of ether oxygens (including phenoxy) is 1. The van der Waals surface area contributed by atoms with Crippen LogP contribution in [0.1, 0.15) is 84.1 Å². The van der Waals surface area contributed by atoms with Crippen molar-refractivity contribution in [1.82, 2.24) is 4.98 Å². The third kappa shape index (κ3) is 8.32. The monoisotopic (exact) mass is 559 g/mol. The molecule has 0 amide bonds. The number of phenols is 1. The Bertz CT molecular complexity index is 846. The van der Waals surface area contributed by atoms with Crippen molar-refractivity contribution >= 4 is 30.9 Å². The molecule has 0 aliphatic rings. The average Bonchev–Trinajstić information content (AvgIpc) is 2.84. The third-order valence-corrected chi connectivity index (χ3v) is 11.6. The second-order valence-electron chi connectivity index (χ2n) is 8.81. The van der Waals surface area contributed by atoms with E-state index < -0.39 is 21.1 Å². The molecule has 0 aliphatic heterocycles. The number of rotatable bonds is 16. The van der Waals surface area contributed by atoms with Crippen LogP contribution in [0.2, 0.25) is 3.43 Å². The van der Waals surface area contributed by atoms with Crippen LogP contribution in [0.5, 0.6) is 11.6 Å². The maximum atomic E-state index is 10.7. The number of hydrogen-bond donors (Lipinski definition) is 2. The van der Waals surface area contributed by atoms with Crippen LogP contribution in [0.25, 0.3) is 17.2 Å². The van der Waals surface area contributed by atoms with Crippen LogP contribution in [-0.4, -0.2) is 49.6 Å². The van der Waals surface area contributed by atoms with Crippen molar-refractivity contribution < 1.29 is 14.9 Å². The molecule has 0 aliphatic carbocycles. The topological polar surface area (TPSA) is 62.6 Å². The first kappa shape index (κ1) is 27.7. The molecule has 33 heavy (non-hydrogen) atoms. The zero-order valence-electron chi connectivity index (χ0n) is 20.7. The van der Waals surface area contributed by atoms with E-state index in [0.717, 1.165) is 20.4 Å². The molecule has 2 N–H and O–H groups in total. The molecule has 2 rings (SSSR count). The summed E-state index contributed by atoms with van der Waals surface area (Å²) in [6.07, 6.45) is 13.0. The molecule has 180 valence electrons. The summed E-state index contributed by atoms with van der Waals surface area (Å²) in [5, 5.41) is 20.0. The molecule has 0 atom stereocenters. The van der Waals surface area contributed by atoms with Gasteiger partial charge in [0.25, 0.3) is 0 Å². The van der Waals surface area contributed by atoms with Gasteiger partial charge in [0.05, 0.1) is 0 Å². The molecule has 2 aromatic rings. The summed E-state index contributed by atoms with van der Waals surface area (Å²) < 4.78 is 7.20. The number of aliphatic hydroxyl groups is 1. The third-order valence-electron chi connectivity index (χ3n) is 6.17. The first-order valence-corrected chi connectivity index (χ1v) is 15.4. The molecule has 0 bridgehead atoms. The summed E-state index contributed by atoms with van der Waals surface area (Å²) in [7, 11) is 0. The van der Waals surface area contributed by atoms with E-state index in [0.29, 0.717) is 9.31 Å². The SMILES string of the molecule is C=Cc1ccc(O)c(-c2ccc(OCCO)n[c]2[Sn][C](CCCC)(CCCC)CCCC)c1. The van der Waals surface area contributed by atoms with Crippen molar-refractivity contribution in [1.29, 1.82) is 0 Å². The number of pyridine rings is 1. The molecule has 0 saturated heterocycles. The predicted octanol–water partition coefficient (Wildman–Crippen LogP) is 6.53. The molecule has 1 aromatic carbocycles. The van der Waals surface area contributed by atoms with Crippen molar-refractivity contribution in [2.24, 2.45) is 0 Å². The van der Waals surface area contributed by atoms with Gasteiger partial charge in [-0.2, -0.15) is 0 Å². The van der Waals surface area contributed by atoms with Gasteiger partial charge in [0.15, 0.2) is 0 Å². The van der Waals surface area contributed by atoms with Gasteiger partial charge in [0.2, 0.25) is 0 Å². The van der Waals surface area contributed by atoms with Gasteiger partial charge < -0.3 is 0 Å². The van der Waals surface area contributed by atoms with E-state index >= 15 is 0 Å². The number of nitrogens with zero attached hydrogens (tertiary/aromatic N) is 1. The molecular weight excluding hydrogens is 517 g/mol. The molecule has 0 unspecified atom stereocenters. The molecule has 0 spiro atoms. The van der Waals surface area contributed by atoms with Gasteiger partial charge in [0.1, 0.15) is 0 Å². The van der Waals surface area contributed by atoms with Gasteiger partial charge in [-0.1, -0.05) is 0 Å². The standard InChI is InChI=1S/C15H14NO3.C13H27.Sn/c1-2-11-3-5-14(18)13(9-11)12-4-6-15(16-10-12)19-8-7-17;1-4-7-10-13(11-8-5-2)12-9-6-3;/h2-6,9,17-18H,1,7-8H2;4-12H2,1-3H3;. The Balaban J connectivity index is 2.59. The summed E-state index contributed by atoms with van der Waals surface area (Å²) in [6.45, 7) is 10.9. The summed E-state index contributed by atoms with van der Waals surface area (Å²) in [5.41, 5.74) is 2.82. The van der Waals surface area contributed by atoms with E-state index in [1.807, 2.05) is 30.3 Å². The number of hydrogen-bond acceptors (Lipinski definition) is 4. The van der Waals surface area contributed by atoms with Crippen LogP contribution < -0.4 is 8.45 Å². The Morgan fingerprint density at radius 1 is 0.970 bits per heavy atom. The Labute approximate surface area is 210 Å². The van der Waals surface area contributed by atoms with E-state index in [1.165, 1.54) is 57.8 Å². The minimum atomic E-state index is -1.18. The van der Waals surface area contributed by atoms with E-state index in [1.54, 1.807) is 6.07 Å². The van der Waals surface area contributed by atoms with Crippen LogP contribution in [0.3, 0.4) is 0 Å². The van der Waals surface area contributed by atoms with E-state index in [2.05, 4.69) is 27.4 Å². The zero-order valence-corrected chi connectivity index (χ0v) is 23.6. The summed E-state index contributed by atoms with van der Waals surface area (Å²) in [4.78, 5) is 5.00. The second kappa shape index (κ2) is 14.7. The maximum absolute atomic E-state index is 10.7. The van der Waals surface area contributed by atoms with Crippen molar-refractivity contribution in [3.63, 3.8) is 0 Å². The van der Waals surface area contributed by atoms with Gasteiger partial charge in [0, 0.05) is 0 Å². The van der Waals surface area contributed by atoms with Gasteiger partial charge >= 0.3 is 211 Å². The summed E-state index contributed by atoms with van der Waals surface area (Å²) in [5.74, 6) is 0.840. The Morgan fingerprint density at radius 3 is 2.15 bits per heavy atom. The van der Waals surface area contributed by atoms with Crippen LogP contribution >= 0.6 is 0 Å². The number of aromatic hydroxyl groups is 1. The molecule has 1 aromatic heterocycles. The molecule has 2 radical (unpaired) electrons. The summed E-state index contributed by atoms with van der Waals surface area (Å²) >= 11 is -1.18. The fourth-order valence-electron chi connectivity index (χ4n) is 4.24. The number of unbranched alkanes of at least 4 members (excludes halogenated alkanes) is 3. The Morgan fingerprint density at radius 2 is 1.61 bits per heavy atom. The number of benzene rings is 1. The van der Waals surface area contributed by atoms with Crippen molar-refractivity contribution in [3.8, 4) is 22.8 Å². The van der Waals surface area contributed by atoms with Gasteiger partial charge in [-0.25, -0.2) is 0 Å². The van der Waals surface area contributed by atoms with Crippen LogP contribution in [0, 0.1) is 0 Å². The van der Waals surface area contributed by atoms with E-state index in [-0.39, 0.29) is 19.0 Å². The molecule has 4 nitrogen and oxygen atoms in total. The quantitative estimate of drug-likeness (QED) is 0.230. The molecule has 0 saturated carbocycles. The van der Waals surface area contributed by atoms with Gasteiger partial charge in [-0.15, -0.1) is 0 Å². The Kier molecular flexibility index (Phi) is 12.3. The van der Waals surface area contributed by atoms with Crippen molar-refractivity contribution in [2.45, 2.75) is 82.0 Å². The van der Waals surface area contributed by atoms with Crippen molar-refractivity contribution in [2.75, 3.05) is 13.2 Å². The van der Waals surface area contributed by atoms with Crippen molar-refractivity contribution in [3.05, 3.63) is 42.5 Å². The second-order valence-corrected chi connectivity index (χ2v) is 13.9. The molecular formula is C28H41NO3Sn. The number of aromatic nitrogens is 1. The normalized spacial score (nSPS) is 11.5. The first-order chi connectivity index (χ1) is 16.0. The first-order valence-electron chi connectivity index (χ1n) is 12.5. The molecule has 5 heteroatoms. The molecule has 0 fully saturated rings. The Hall–Kier alpha value is -1.53. The number of aliphatic hydroxyl groups excluding tert-OH is 1. The van der Waals surface area contributed by atoms with Gasteiger partial charge in [-0.3, -0.25) is 0 Å². The van der Waals surface area contributed by atoms with Crippen LogP contribution in [0.15, 0.2) is 36.9 Å². The number of phenolic OH excluding ortho intramolecular Hbond substituents is 1. The van der Waals surface area contributed by atoms with Crippen LogP contribution in [-0.2, 0) is 0 Å². The van der Waals surface area contributed by atoms with E-state index in [9.17, 15) is 10.2 Å². The van der Waals surface area contributed by atoms with Gasteiger partial charge in [-0.05, 0) is 0 Å². The molecule has 1 heterocycles. The fourth-order valence-corrected chi connectivity index (χ4v) is 9.74. The summed E-state index contributed by atoms with van der Waals surface area (Å²) in [6, 6.07) is 9.53. The minimum absolute atomic E-state index is 0.0334. The average molecular weight is 558 g/mol.